The van der Waals surface area contributed by atoms with Crippen LogP contribution in [0.15, 0.2) is 54.6 Å². The van der Waals surface area contributed by atoms with Crippen molar-refractivity contribution in [2.75, 3.05) is 19.0 Å². The highest BCUT2D eigenvalue weighted by Crippen LogP contribution is 2.19. The molecule has 5 nitrogen and oxygen atoms in total. The predicted octanol–water partition coefficient (Wildman–Crippen LogP) is 4.39. The van der Waals surface area contributed by atoms with Crippen molar-refractivity contribution < 1.29 is 19.1 Å². The Kier molecular flexibility index (Phi) is 6.40. The first-order valence-corrected chi connectivity index (χ1v) is 7.51. The Balaban J connectivity index is 2.07. The summed E-state index contributed by atoms with van der Waals surface area (Å²) in [6, 6.07) is 14.0. The van der Waals surface area contributed by atoms with Crippen molar-refractivity contribution >= 4 is 35.4 Å². The molecule has 1 N–H and O–H groups in total. The van der Waals surface area contributed by atoms with Crippen molar-refractivity contribution in [3.63, 3.8) is 0 Å². The lowest BCUT2D eigenvalue weighted by Crippen LogP contribution is -2.12. The monoisotopic (exact) mass is 345 g/mol. The molecule has 0 bridgehead atoms. The van der Waals surface area contributed by atoms with Crippen molar-refractivity contribution in [2.24, 2.45) is 0 Å². The number of rotatable bonds is 5. The molecule has 0 aliphatic carbocycles. The highest BCUT2D eigenvalue weighted by atomic mass is 35.5. The highest BCUT2D eigenvalue weighted by molar-refractivity contribution is 6.31. The second-order valence-corrected chi connectivity index (χ2v) is 5.16. The van der Waals surface area contributed by atoms with E-state index in [1.54, 1.807) is 42.5 Å². The molecule has 0 saturated carbocycles. The van der Waals surface area contributed by atoms with Gasteiger partial charge in [-0.1, -0.05) is 41.9 Å². The molecule has 0 unspecified atom stereocenters. The van der Waals surface area contributed by atoms with Crippen molar-refractivity contribution in [1.82, 2.24) is 0 Å². The van der Waals surface area contributed by atoms with E-state index in [9.17, 15) is 9.59 Å². The fourth-order valence-corrected chi connectivity index (χ4v) is 2.12. The van der Waals surface area contributed by atoms with E-state index < -0.39 is 6.16 Å². The highest BCUT2D eigenvalue weighted by Gasteiger charge is 2.08. The molecule has 0 heterocycles. The normalized spacial score (nSPS) is 10.4. The number of nitrogens with one attached hydrogen (secondary N) is 1. The van der Waals surface area contributed by atoms with Crippen LogP contribution < -0.4 is 5.32 Å². The minimum atomic E-state index is -0.748. The molecule has 0 fully saturated rings. The number of para-hydroxylation sites is 1. The van der Waals surface area contributed by atoms with Crippen molar-refractivity contribution in [1.29, 1.82) is 0 Å². The Labute approximate surface area is 144 Å². The average Bonchev–Trinajstić information content (AvgIpc) is 2.59. The summed E-state index contributed by atoms with van der Waals surface area (Å²) in [5, 5.41) is 3.33. The first-order chi connectivity index (χ1) is 11.6. The molecule has 2 aromatic carbocycles. The van der Waals surface area contributed by atoms with Gasteiger partial charge in [-0.25, -0.2) is 4.79 Å². The molecule has 124 valence electrons. The van der Waals surface area contributed by atoms with E-state index in [4.69, 9.17) is 16.3 Å². The van der Waals surface area contributed by atoms with E-state index in [1.807, 2.05) is 18.2 Å². The van der Waals surface area contributed by atoms with Gasteiger partial charge in [-0.3, -0.25) is 4.79 Å². The largest absolute Gasteiger partial charge is 0.508 e. The van der Waals surface area contributed by atoms with E-state index in [2.05, 4.69) is 10.1 Å². The molecule has 1 amide bonds. The second-order valence-electron chi connectivity index (χ2n) is 4.72. The van der Waals surface area contributed by atoms with Crippen LogP contribution in [0.5, 0.6) is 0 Å². The molecule has 6 heteroatoms. The fourth-order valence-electron chi connectivity index (χ4n) is 1.93. The van der Waals surface area contributed by atoms with Gasteiger partial charge in [0.25, 0.3) is 5.91 Å². The molecular weight excluding hydrogens is 330 g/mol. The molecular formula is C18H16ClNO4. The van der Waals surface area contributed by atoms with Crippen LogP contribution in [0.2, 0.25) is 5.02 Å². The number of benzene rings is 2. The summed E-state index contributed by atoms with van der Waals surface area (Å²) in [5.74, 6) is -0.260. The van der Waals surface area contributed by atoms with Crippen LogP contribution >= 0.6 is 11.6 Å². The van der Waals surface area contributed by atoms with Gasteiger partial charge in [0.15, 0.2) is 0 Å². The lowest BCUT2D eigenvalue weighted by atomic mass is 10.1. The standard InChI is InChI=1S/C18H16ClNO4/c1-23-18(22)24-11-5-8-13-6-2-3-10-16(13)20-17(21)14-7-4-9-15(19)12-14/h2-10,12H,11H2,1H3,(H,20,21)/b8-5+. The minimum absolute atomic E-state index is 0.0727. The zero-order valence-corrected chi connectivity index (χ0v) is 13.7. The summed E-state index contributed by atoms with van der Waals surface area (Å²) in [5.41, 5.74) is 1.88. The van der Waals surface area contributed by atoms with E-state index in [-0.39, 0.29) is 12.5 Å². The molecule has 0 radical (unpaired) electrons. The van der Waals surface area contributed by atoms with Crippen LogP contribution in [-0.4, -0.2) is 25.8 Å². The number of halogens is 1. The van der Waals surface area contributed by atoms with E-state index >= 15 is 0 Å². The van der Waals surface area contributed by atoms with Gasteiger partial charge in [0, 0.05) is 16.3 Å². The third-order valence-corrected chi connectivity index (χ3v) is 3.29. The molecule has 2 aromatic rings. The molecule has 0 aliphatic rings. The zero-order valence-electron chi connectivity index (χ0n) is 13.0. The topological polar surface area (TPSA) is 64.6 Å². The number of amides is 1. The number of hydrogen-bond acceptors (Lipinski definition) is 4. The van der Waals surface area contributed by atoms with Gasteiger partial charge in [-0.05, 0) is 35.9 Å². The number of hydrogen-bond donors (Lipinski definition) is 1. The molecule has 0 saturated heterocycles. The summed E-state index contributed by atoms with van der Waals surface area (Å²) < 4.78 is 9.14. The SMILES string of the molecule is COC(=O)OC/C=C/c1ccccc1NC(=O)c1cccc(Cl)c1. The Morgan fingerprint density at radius 3 is 2.71 bits per heavy atom. The second kappa shape index (κ2) is 8.74. The van der Waals surface area contributed by atoms with E-state index in [1.165, 1.54) is 7.11 Å². The van der Waals surface area contributed by atoms with Gasteiger partial charge in [-0.15, -0.1) is 0 Å². The Morgan fingerprint density at radius 1 is 1.17 bits per heavy atom. The quantitative estimate of drug-likeness (QED) is 0.816. The van der Waals surface area contributed by atoms with Gasteiger partial charge in [0.2, 0.25) is 0 Å². The first-order valence-electron chi connectivity index (χ1n) is 7.13. The molecule has 0 atom stereocenters. The van der Waals surface area contributed by atoms with E-state index in [0.29, 0.717) is 16.3 Å². The number of carbonyl (C=O) groups excluding carboxylic acids is 2. The summed E-state index contributed by atoms with van der Waals surface area (Å²) in [4.78, 5) is 23.2. The minimum Gasteiger partial charge on any atom is -0.438 e. The number of carbonyl (C=O) groups is 2. The Morgan fingerprint density at radius 2 is 1.96 bits per heavy atom. The fraction of sp³-hybridized carbons (Fsp3) is 0.111. The van der Waals surface area contributed by atoms with Gasteiger partial charge in [-0.2, -0.15) is 0 Å². The lowest BCUT2D eigenvalue weighted by molar-refractivity contribution is 0.0819. The molecule has 0 spiro atoms. The maximum Gasteiger partial charge on any atom is 0.508 e. The van der Waals surface area contributed by atoms with Crippen LogP contribution in [0.4, 0.5) is 10.5 Å². The Bertz CT molecular complexity index is 758. The number of methoxy groups -OCH3 is 1. The molecule has 2 rings (SSSR count). The Hall–Kier alpha value is -2.79. The summed E-state index contributed by atoms with van der Waals surface area (Å²) in [6.45, 7) is 0.0727. The van der Waals surface area contributed by atoms with Gasteiger partial charge in [0.1, 0.15) is 6.61 Å². The van der Waals surface area contributed by atoms with Crippen LogP contribution in [0.3, 0.4) is 0 Å². The molecule has 24 heavy (non-hydrogen) atoms. The maximum atomic E-state index is 12.3. The summed E-state index contributed by atoms with van der Waals surface area (Å²) >= 11 is 5.90. The van der Waals surface area contributed by atoms with Crippen molar-refractivity contribution in [3.8, 4) is 0 Å². The van der Waals surface area contributed by atoms with E-state index in [0.717, 1.165) is 5.56 Å². The van der Waals surface area contributed by atoms with Crippen LogP contribution in [0.25, 0.3) is 6.08 Å². The average molecular weight is 346 g/mol. The third-order valence-electron chi connectivity index (χ3n) is 3.06. The van der Waals surface area contributed by atoms with Crippen molar-refractivity contribution in [2.45, 2.75) is 0 Å². The van der Waals surface area contributed by atoms with Crippen LogP contribution in [-0.2, 0) is 9.47 Å². The van der Waals surface area contributed by atoms with Gasteiger partial charge >= 0.3 is 6.16 Å². The zero-order chi connectivity index (χ0) is 17.4. The lowest BCUT2D eigenvalue weighted by Gasteiger charge is -2.09. The first kappa shape index (κ1) is 17.6. The summed E-state index contributed by atoms with van der Waals surface area (Å²) in [7, 11) is 1.24. The third kappa shape index (κ3) is 5.14. The summed E-state index contributed by atoms with van der Waals surface area (Å²) in [6.07, 6.45) is 2.65. The van der Waals surface area contributed by atoms with Crippen LogP contribution in [0, 0.1) is 0 Å². The van der Waals surface area contributed by atoms with Crippen molar-refractivity contribution in [3.05, 3.63) is 70.8 Å². The van der Waals surface area contributed by atoms with Gasteiger partial charge < -0.3 is 14.8 Å². The smallest absolute Gasteiger partial charge is 0.438 e. The molecule has 0 aromatic heterocycles. The number of ether oxygens (including phenoxy) is 2. The predicted molar refractivity (Wildman–Crippen MR) is 93.2 cm³/mol. The van der Waals surface area contributed by atoms with Gasteiger partial charge in [0.05, 0.1) is 7.11 Å². The number of anilines is 1. The molecule has 0 aliphatic heterocycles. The van der Waals surface area contributed by atoms with Crippen LogP contribution in [0.1, 0.15) is 15.9 Å². The maximum absolute atomic E-state index is 12.3.